The van der Waals surface area contributed by atoms with Crippen molar-refractivity contribution in [3.05, 3.63) is 72.3 Å². The summed E-state index contributed by atoms with van der Waals surface area (Å²) in [5.74, 6) is 2.28. The van der Waals surface area contributed by atoms with Crippen molar-refractivity contribution in [2.45, 2.75) is 6.92 Å². The molecule has 3 aromatic carbocycles. The summed E-state index contributed by atoms with van der Waals surface area (Å²) >= 11 is 0. The van der Waals surface area contributed by atoms with Gasteiger partial charge in [-0.05, 0) is 73.2 Å². The summed E-state index contributed by atoms with van der Waals surface area (Å²) in [4.78, 5) is 17.0. The topological polar surface area (TPSA) is 82.8 Å². The largest absolute Gasteiger partial charge is 0.497 e. The Hall–Kier alpha value is -4.26. The average Bonchev–Trinajstić information content (AvgIpc) is 3.27. The highest BCUT2D eigenvalue weighted by Crippen LogP contribution is 2.29. The molecule has 1 heterocycles. The summed E-state index contributed by atoms with van der Waals surface area (Å²) in [6, 6.07) is 18.3. The van der Waals surface area contributed by atoms with Crippen molar-refractivity contribution in [1.82, 2.24) is 4.98 Å². The first kappa shape index (κ1) is 22.0. The summed E-state index contributed by atoms with van der Waals surface area (Å²) in [7, 11) is 3.20. The van der Waals surface area contributed by atoms with Crippen LogP contribution in [0.25, 0.3) is 28.6 Å². The fourth-order valence-electron chi connectivity index (χ4n) is 3.28. The number of fused-ring (bicyclic) bond motifs is 1. The number of oxazole rings is 1. The van der Waals surface area contributed by atoms with Gasteiger partial charge in [0, 0.05) is 17.3 Å². The average molecular weight is 444 g/mol. The van der Waals surface area contributed by atoms with Gasteiger partial charge in [0.15, 0.2) is 17.1 Å². The Labute approximate surface area is 191 Å². The van der Waals surface area contributed by atoms with Crippen molar-refractivity contribution in [2.75, 3.05) is 26.1 Å². The molecule has 0 radical (unpaired) electrons. The summed E-state index contributed by atoms with van der Waals surface area (Å²) < 4.78 is 21.9. The zero-order valence-corrected chi connectivity index (χ0v) is 18.6. The number of rotatable bonds is 8. The molecule has 7 nitrogen and oxygen atoms in total. The monoisotopic (exact) mass is 444 g/mol. The van der Waals surface area contributed by atoms with Gasteiger partial charge in [-0.2, -0.15) is 0 Å². The van der Waals surface area contributed by atoms with Gasteiger partial charge in [0.1, 0.15) is 11.3 Å². The van der Waals surface area contributed by atoms with Crippen LogP contribution in [0.4, 0.5) is 5.69 Å². The van der Waals surface area contributed by atoms with Crippen molar-refractivity contribution in [3.8, 4) is 28.7 Å². The van der Waals surface area contributed by atoms with Gasteiger partial charge in [-0.25, -0.2) is 4.98 Å². The van der Waals surface area contributed by atoms with Gasteiger partial charge in [0.05, 0.1) is 20.8 Å². The third-order valence-electron chi connectivity index (χ3n) is 4.91. The Balaban J connectivity index is 1.46. The lowest BCUT2D eigenvalue weighted by atomic mass is 10.2. The SMILES string of the molecule is CCOc1ccc(/C=C/C(=O)Nc2ccc3oc(-c4ccc(OC)cc4)nc3c2)cc1OC. The predicted molar refractivity (Wildman–Crippen MR) is 128 cm³/mol. The fraction of sp³-hybridized carbons (Fsp3) is 0.154. The number of nitrogens with zero attached hydrogens (tertiary/aromatic N) is 1. The normalized spacial score (nSPS) is 11.0. The number of anilines is 1. The lowest BCUT2D eigenvalue weighted by Crippen LogP contribution is -2.07. The molecule has 0 fully saturated rings. The molecule has 1 aromatic heterocycles. The molecule has 1 N–H and O–H groups in total. The number of aromatic nitrogens is 1. The van der Waals surface area contributed by atoms with Gasteiger partial charge in [0.2, 0.25) is 11.8 Å². The first-order valence-corrected chi connectivity index (χ1v) is 10.4. The highest BCUT2D eigenvalue weighted by molar-refractivity contribution is 6.02. The molecule has 0 bridgehead atoms. The first-order valence-electron chi connectivity index (χ1n) is 10.4. The number of hydrogen-bond acceptors (Lipinski definition) is 6. The van der Waals surface area contributed by atoms with Crippen molar-refractivity contribution in [2.24, 2.45) is 0 Å². The van der Waals surface area contributed by atoms with Crippen LogP contribution in [0.3, 0.4) is 0 Å². The van der Waals surface area contributed by atoms with E-state index in [1.807, 2.05) is 49.4 Å². The summed E-state index contributed by atoms with van der Waals surface area (Å²) in [6.45, 7) is 2.46. The number of hydrogen-bond donors (Lipinski definition) is 1. The lowest BCUT2D eigenvalue weighted by Gasteiger charge is -2.09. The van der Waals surface area contributed by atoms with Crippen LogP contribution < -0.4 is 19.5 Å². The maximum Gasteiger partial charge on any atom is 0.248 e. The van der Waals surface area contributed by atoms with Crippen molar-refractivity contribution >= 4 is 28.8 Å². The zero-order valence-electron chi connectivity index (χ0n) is 18.6. The van der Waals surface area contributed by atoms with Crippen LogP contribution in [0, 0.1) is 0 Å². The van der Waals surface area contributed by atoms with E-state index in [4.69, 9.17) is 18.6 Å². The zero-order chi connectivity index (χ0) is 23.2. The van der Waals surface area contributed by atoms with E-state index in [1.54, 1.807) is 38.5 Å². The summed E-state index contributed by atoms with van der Waals surface area (Å²) in [5, 5.41) is 2.85. The molecule has 0 aliphatic heterocycles. The van der Waals surface area contributed by atoms with Crippen LogP contribution in [-0.2, 0) is 4.79 Å². The highest BCUT2D eigenvalue weighted by atomic mass is 16.5. The molecule has 0 atom stereocenters. The summed E-state index contributed by atoms with van der Waals surface area (Å²) in [5.41, 5.74) is 3.57. The molecule has 0 saturated carbocycles. The van der Waals surface area contributed by atoms with Crippen molar-refractivity contribution in [3.63, 3.8) is 0 Å². The van der Waals surface area contributed by atoms with Crippen LogP contribution in [0.5, 0.6) is 17.2 Å². The summed E-state index contributed by atoms with van der Waals surface area (Å²) in [6.07, 6.45) is 3.18. The number of amides is 1. The quantitative estimate of drug-likeness (QED) is 0.358. The fourth-order valence-corrected chi connectivity index (χ4v) is 3.28. The minimum atomic E-state index is -0.263. The van der Waals surface area contributed by atoms with E-state index in [9.17, 15) is 4.79 Å². The molecule has 0 spiro atoms. The minimum absolute atomic E-state index is 0.263. The Morgan fingerprint density at radius 3 is 2.55 bits per heavy atom. The second-order valence-corrected chi connectivity index (χ2v) is 7.10. The standard InChI is InChI=1S/C26H24N2O5/c1-4-32-23-12-5-17(15-24(23)31-3)6-14-25(29)27-19-9-13-22-21(16-19)28-26(33-22)18-7-10-20(30-2)11-8-18/h5-16H,4H2,1-3H3,(H,27,29)/b14-6+. The Bertz CT molecular complexity index is 1290. The molecule has 1 amide bonds. The van der Waals surface area contributed by atoms with Gasteiger partial charge in [-0.15, -0.1) is 0 Å². The Kier molecular flexibility index (Phi) is 6.59. The van der Waals surface area contributed by atoms with Gasteiger partial charge in [-0.1, -0.05) is 6.07 Å². The number of methoxy groups -OCH3 is 2. The third-order valence-corrected chi connectivity index (χ3v) is 4.91. The smallest absolute Gasteiger partial charge is 0.248 e. The van der Waals surface area contributed by atoms with Crippen LogP contribution >= 0.6 is 0 Å². The lowest BCUT2D eigenvalue weighted by molar-refractivity contribution is -0.111. The van der Waals surface area contributed by atoms with Crippen LogP contribution in [-0.4, -0.2) is 31.7 Å². The maximum atomic E-state index is 12.4. The minimum Gasteiger partial charge on any atom is -0.497 e. The molecule has 168 valence electrons. The van der Waals surface area contributed by atoms with Crippen LogP contribution in [0.1, 0.15) is 12.5 Å². The molecular formula is C26H24N2O5. The second kappa shape index (κ2) is 9.91. The first-order chi connectivity index (χ1) is 16.1. The molecule has 7 heteroatoms. The molecular weight excluding hydrogens is 420 g/mol. The third kappa shape index (κ3) is 5.15. The van der Waals surface area contributed by atoms with E-state index in [1.165, 1.54) is 6.08 Å². The number of ether oxygens (including phenoxy) is 3. The van der Waals surface area contributed by atoms with E-state index in [0.717, 1.165) is 16.9 Å². The van der Waals surface area contributed by atoms with Crippen LogP contribution in [0.15, 0.2) is 71.2 Å². The van der Waals surface area contributed by atoms with Gasteiger partial charge >= 0.3 is 0 Å². The predicted octanol–water partition coefficient (Wildman–Crippen LogP) is 5.56. The molecule has 0 aliphatic rings. The maximum absolute atomic E-state index is 12.4. The molecule has 4 aromatic rings. The molecule has 0 unspecified atom stereocenters. The molecule has 0 aliphatic carbocycles. The highest BCUT2D eigenvalue weighted by Gasteiger charge is 2.10. The van der Waals surface area contributed by atoms with Gasteiger partial charge < -0.3 is 23.9 Å². The number of carbonyl (C=O) groups is 1. The van der Waals surface area contributed by atoms with E-state index in [0.29, 0.717) is 40.8 Å². The van der Waals surface area contributed by atoms with E-state index >= 15 is 0 Å². The number of nitrogens with one attached hydrogen (secondary N) is 1. The molecule has 4 rings (SSSR count). The van der Waals surface area contributed by atoms with Gasteiger partial charge in [-0.3, -0.25) is 4.79 Å². The van der Waals surface area contributed by atoms with E-state index < -0.39 is 0 Å². The Morgan fingerprint density at radius 2 is 1.82 bits per heavy atom. The number of benzene rings is 3. The van der Waals surface area contributed by atoms with E-state index in [2.05, 4.69) is 10.3 Å². The van der Waals surface area contributed by atoms with E-state index in [-0.39, 0.29) is 5.91 Å². The number of carbonyl (C=O) groups excluding carboxylic acids is 1. The van der Waals surface area contributed by atoms with Crippen molar-refractivity contribution in [1.29, 1.82) is 0 Å². The second-order valence-electron chi connectivity index (χ2n) is 7.10. The van der Waals surface area contributed by atoms with Gasteiger partial charge in [0.25, 0.3) is 0 Å². The van der Waals surface area contributed by atoms with Crippen LogP contribution in [0.2, 0.25) is 0 Å². The van der Waals surface area contributed by atoms with Crippen molar-refractivity contribution < 1.29 is 23.4 Å². The Morgan fingerprint density at radius 1 is 1.00 bits per heavy atom. The molecule has 33 heavy (non-hydrogen) atoms. The molecule has 0 saturated heterocycles.